The summed E-state index contributed by atoms with van der Waals surface area (Å²) in [6.45, 7) is 3.99. The number of aliphatic hydroxyl groups is 1. The predicted molar refractivity (Wildman–Crippen MR) is 116 cm³/mol. The number of amides is 2. The van der Waals surface area contributed by atoms with Crippen molar-refractivity contribution >= 4 is 17.8 Å². The molecule has 2 atom stereocenters. The molecule has 2 fully saturated rings. The summed E-state index contributed by atoms with van der Waals surface area (Å²) in [5.74, 6) is -0.539. The Morgan fingerprint density at radius 3 is 2.72 bits per heavy atom. The zero-order valence-electron chi connectivity index (χ0n) is 18.1. The zero-order valence-corrected chi connectivity index (χ0v) is 18.1. The second-order valence-electron chi connectivity index (χ2n) is 8.43. The Morgan fingerprint density at radius 1 is 1.22 bits per heavy atom. The molecule has 0 aliphatic carbocycles. The topological polar surface area (TPSA) is 98.7 Å². The molecule has 2 aliphatic heterocycles. The van der Waals surface area contributed by atoms with Gasteiger partial charge in [-0.15, -0.1) is 0 Å². The molecule has 2 N–H and O–H groups in total. The van der Waals surface area contributed by atoms with E-state index in [1.807, 2.05) is 13.0 Å². The fraction of sp³-hybridized carbons (Fsp3) is 0.478. The van der Waals surface area contributed by atoms with Crippen molar-refractivity contribution in [3.8, 4) is 0 Å². The number of nitrogens with one attached hydrogen (secondary N) is 1. The number of aromatic nitrogens is 2. The highest BCUT2D eigenvalue weighted by molar-refractivity contribution is 5.89. The third-order valence-electron chi connectivity index (χ3n) is 5.93. The van der Waals surface area contributed by atoms with Gasteiger partial charge in [0.2, 0.25) is 17.8 Å². The van der Waals surface area contributed by atoms with E-state index in [1.54, 1.807) is 18.2 Å². The summed E-state index contributed by atoms with van der Waals surface area (Å²) >= 11 is 0. The number of likely N-dealkylation sites (tertiary alicyclic amines) is 1. The number of hydrogen-bond donors (Lipinski definition) is 2. The summed E-state index contributed by atoms with van der Waals surface area (Å²) in [6, 6.07) is 7.09. The Kier molecular flexibility index (Phi) is 6.64. The number of halogens is 1. The first-order valence-electron chi connectivity index (χ1n) is 11.0. The number of anilines is 1. The second-order valence-corrected chi connectivity index (χ2v) is 8.43. The summed E-state index contributed by atoms with van der Waals surface area (Å²) in [6.07, 6.45) is 1.43. The van der Waals surface area contributed by atoms with Crippen LogP contribution in [-0.4, -0.2) is 63.6 Å². The lowest BCUT2D eigenvalue weighted by atomic mass is 10.1. The van der Waals surface area contributed by atoms with E-state index in [0.29, 0.717) is 11.6 Å². The molecule has 0 bridgehead atoms. The quantitative estimate of drug-likeness (QED) is 0.702. The van der Waals surface area contributed by atoms with E-state index in [0.717, 1.165) is 31.6 Å². The molecule has 8 nitrogen and oxygen atoms in total. The highest BCUT2D eigenvalue weighted by Gasteiger charge is 2.38. The molecule has 2 aromatic rings. The lowest BCUT2D eigenvalue weighted by Crippen LogP contribution is -2.46. The standard InChI is InChI=1S/C23H28FN5O3/c1-15-10-17(27-23(26-15)28-8-4-5-9-28)13-25-22(32)20-12-18(30)14-29(20)21(31)11-16-6-2-3-7-19(16)24/h2-3,6-7,10,18,20,30H,4-5,8-9,11-14H2,1H3,(H,25,32). The third kappa shape index (κ3) is 5.04. The maximum absolute atomic E-state index is 13.9. The maximum Gasteiger partial charge on any atom is 0.243 e. The van der Waals surface area contributed by atoms with Crippen LogP contribution in [0, 0.1) is 12.7 Å². The van der Waals surface area contributed by atoms with Crippen LogP contribution in [0.4, 0.5) is 10.3 Å². The number of nitrogens with zero attached hydrogens (tertiary/aromatic N) is 4. The average molecular weight is 442 g/mol. The van der Waals surface area contributed by atoms with Crippen LogP contribution in [0.3, 0.4) is 0 Å². The first kappa shape index (κ1) is 22.1. The van der Waals surface area contributed by atoms with Crippen LogP contribution in [-0.2, 0) is 22.6 Å². The van der Waals surface area contributed by atoms with E-state index >= 15 is 0 Å². The van der Waals surface area contributed by atoms with E-state index in [4.69, 9.17) is 0 Å². The fourth-order valence-corrected chi connectivity index (χ4v) is 4.31. The van der Waals surface area contributed by atoms with Gasteiger partial charge >= 0.3 is 0 Å². The van der Waals surface area contributed by atoms with Crippen molar-refractivity contribution in [3.05, 3.63) is 53.1 Å². The van der Waals surface area contributed by atoms with Gasteiger partial charge in [0.25, 0.3) is 0 Å². The molecule has 2 saturated heterocycles. The van der Waals surface area contributed by atoms with Crippen molar-refractivity contribution < 1.29 is 19.1 Å². The molecule has 9 heteroatoms. The van der Waals surface area contributed by atoms with Crippen molar-refractivity contribution in [2.75, 3.05) is 24.5 Å². The van der Waals surface area contributed by atoms with Gasteiger partial charge in [0.15, 0.2) is 0 Å². The maximum atomic E-state index is 13.9. The summed E-state index contributed by atoms with van der Waals surface area (Å²) in [5.41, 5.74) is 1.78. The minimum absolute atomic E-state index is 0.0527. The van der Waals surface area contributed by atoms with E-state index < -0.39 is 18.0 Å². The SMILES string of the molecule is Cc1cc(CNC(=O)C2CC(O)CN2C(=O)Cc2ccccc2F)nc(N2CCCC2)n1. The molecular formula is C23H28FN5O3. The highest BCUT2D eigenvalue weighted by Crippen LogP contribution is 2.21. The molecule has 4 rings (SSSR count). The number of carbonyl (C=O) groups is 2. The Bertz CT molecular complexity index is 995. The summed E-state index contributed by atoms with van der Waals surface area (Å²) in [5, 5.41) is 12.9. The van der Waals surface area contributed by atoms with Crippen LogP contribution in [0.25, 0.3) is 0 Å². The van der Waals surface area contributed by atoms with Gasteiger partial charge in [0.05, 0.1) is 24.8 Å². The number of rotatable bonds is 6. The molecule has 170 valence electrons. The van der Waals surface area contributed by atoms with Crippen LogP contribution in [0.1, 0.15) is 36.2 Å². The molecule has 2 amide bonds. The molecule has 2 aliphatic rings. The Morgan fingerprint density at radius 2 is 1.97 bits per heavy atom. The number of β-amino-alcohol motifs (C(OH)–C–C–N with tert-alkyl or cyclic N) is 1. The molecule has 32 heavy (non-hydrogen) atoms. The molecule has 3 heterocycles. The van der Waals surface area contributed by atoms with Crippen LogP contribution in [0.15, 0.2) is 30.3 Å². The normalized spacial score (nSPS) is 20.6. The third-order valence-corrected chi connectivity index (χ3v) is 5.93. The molecule has 0 spiro atoms. The van der Waals surface area contributed by atoms with E-state index in [9.17, 15) is 19.1 Å². The van der Waals surface area contributed by atoms with Crippen LogP contribution < -0.4 is 10.2 Å². The number of aryl methyl sites for hydroxylation is 1. The smallest absolute Gasteiger partial charge is 0.243 e. The van der Waals surface area contributed by atoms with E-state index in [1.165, 1.54) is 11.0 Å². The van der Waals surface area contributed by atoms with Crippen LogP contribution in [0.5, 0.6) is 0 Å². The van der Waals surface area contributed by atoms with Gasteiger partial charge in [0.1, 0.15) is 11.9 Å². The largest absolute Gasteiger partial charge is 0.391 e. The molecule has 0 radical (unpaired) electrons. The van der Waals surface area contributed by atoms with Gasteiger partial charge in [-0.1, -0.05) is 18.2 Å². The van der Waals surface area contributed by atoms with Crippen molar-refractivity contribution in [1.29, 1.82) is 0 Å². The lowest BCUT2D eigenvalue weighted by Gasteiger charge is -2.24. The van der Waals surface area contributed by atoms with Gasteiger partial charge in [-0.3, -0.25) is 9.59 Å². The zero-order chi connectivity index (χ0) is 22.7. The monoisotopic (exact) mass is 441 g/mol. The predicted octanol–water partition coefficient (Wildman–Crippen LogP) is 1.35. The molecule has 0 saturated carbocycles. The highest BCUT2D eigenvalue weighted by atomic mass is 19.1. The number of benzene rings is 1. The Hall–Kier alpha value is -3.07. The van der Waals surface area contributed by atoms with Gasteiger partial charge < -0.3 is 20.2 Å². The Labute approximate surface area is 186 Å². The second kappa shape index (κ2) is 9.60. The average Bonchev–Trinajstić information content (AvgIpc) is 3.43. The van der Waals surface area contributed by atoms with E-state index in [-0.39, 0.29) is 43.3 Å². The number of carbonyl (C=O) groups excluding carboxylic acids is 2. The van der Waals surface area contributed by atoms with Gasteiger partial charge in [-0.2, -0.15) is 0 Å². The van der Waals surface area contributed by atoms with Gasteiger partial charge in [-0.25, -0.2) is 14.4 Å². The van der Waals surface area contributed by atoms with Gasteiger partial charge in [-0.05, 0) is 37.5 Å². The van der Waals surface area contributed by atoms with Gasteiger partial charge in [0, 0.05) is 31.7 Å². The first-order chi connectivity index (χ1) is 15.4. The fourth-order valence-electron chi connectivity index (χ4n) is 4.31. The molecule has 1 aromatic heterocycles. The lowest BCUT2D eigenvalue weighted by molar-refractivity contribution is -0.138. The van der Waals surface area contributed by atoms with Crippen molar-refractivity contribution in [2.45, 2.75) is 51.3 Å². The minimum atomic E-state index is -0.801. The first-order valence-corrected chi connectivity index (χ1v) is 11.0. The van der Waals surface area contributed by atoms with Crippen molar-refractivity contribution in [1.82, 2.24) is 20.2 Å². The Balaban J connectivity index is 1.40. The molecule has 1 aromatic carbocycles. The van der Waals surface area contributed by atoms with E-state index in [2.05, 4.69) is 20.2 Å². The summed E-state index contributed by atoms with van der Waals surface area (Å²) in [7, 11) is 0. The molecule has 2 unspecified atom stereocenters. The molecular weight excluding hydrogens is 413 g/mol. The number of hydrogen-bond acceptors (Lipinski definition) is 6. The summed E-state index contributed by atoms with van der Waals surface area (Å²) < 4.78 is 13.9. The van der Waals surface area contributed by atoms with Crippen molar-refractivity contribution in [2.24, 2.45) is 0 Å². The summed E-state index contributed by atoms with van der Waals surface area (Å²) in [4.78, 5) is 38.2. The van der Waals surface area contributed by atoms with Crippen LogP contribution >= 0.6 is 0 Å². The number of aliphatic hydroxyl groups excluding tert-OH is 1. The minimum Gasteiger partial charge on any atom is -0.391 e. The van der Waals surface area contributed by atoms with Crippen LogP contribution in [0.2, 0.25) is 0 Å². The van der Waals surface area contributed by atoms with Crippen molar-refractivity contribution in [3.63, 3.8) is 0 Å².